The lowest BCUT2D eigenvalue weighted by Crippen LogP contribution is -2.33. The summed E-state index contributed by atoms with van der Waals surface area (Å²) in [7, 11) is 0. The van der Waals surface area contributed by atoms with Gasteiger partial charge in [-0.2, -0.15) is 12.6 Å². The molecule has 0 spiro atoms. The summed E-state index contributed by atoms with van der Waals surface area (Å²) in [5, 5.41) is 8.59. The molecule has 0 fully saturated rings. The molecule has 0 aromatic heterocycles. The monoisotopic (exact) mass is 167 g/mol. The first-order chi connectivity index (χ1) is 5.75. The van der Waals surface area contributed by atoms with Crippen molar-refractivity contribution in [3.05, 3.63) is 0 Å². The maximum absolute atomic E-state index is 10.9. The molecule has 1 unspecified atom stereocenters. The number of carboxylic acid groups (broad SMARTS) is 1. The highest BCUT2D eigenvalue weighted by molar-refractivity contribution is 7.81. The largest absolute Gasteiger partial charge is 0.480 e. The lowest BCUT2D eigenvalue weighted by atomic mass is 10.4. The third-order valence-corrected chi connectivity index (χ3v) is 0.897. The highest BCUT2D eigenvalue weighted by atomic mass is 32.1. The Balaban J connectivity index is 4.05. The predicted octanol–water partition coefficient (Wildman–Crippen LogP) is -0.495. The molecule has 0 bridgehead atoms. The quantitative estimate of drug-likeness (QED) is 0.392. The van der Waals surface area contributed by atoms with E-state index < -0.39 is 30.5 Å². The second-order valence-electron chi connectivity index (χ2n) is 1.51. The van der Waals surface area contributed by atoms with Gasteiger partial charge < -0.3 is 10.4 Å². The van der Waals surface area contributed by atoms with Crippen LogP contribution in [-0.4, -0.2) is 28.8 Å². The van der Waals surface area contributed by atoms with E-state index in [1.54, 1.807) is 0 Å². The summed E-state index contributed by atoms with van der Waals surface area (Å²) < 4.78 is 20.4. The molecule has 0 heterocycles. The first-order valence-corrected chi connectivity index (χ1v) is 2.94. The van der Waals surface area contributed by atoms with Crippen molar-refractivity contribution >= 4 is 24.5 Å². The molecule has 1 amide bonds. The normalized spacial score (nSPS) is 17.9. The Bertz CT molecular complexity index is 218. The molecular weight excluding hydrogens is 155 g/mol. The van der Waals surface area contributed by atoms with Crippen LogP contribution < -0.4 is 5.32 Å². The Morgan fingerprint density at radius 1 is 1.90 bits per heavy atom. The van der Waals surface area contributed by atoms with Crippen LogP contribution in [0, 0.1) is 0 Å². The van der Waals surface area contributed by atoms with Crippen molar-refractivity contribution in [1.82, 2.24) is 5.32 Å². The fourth-order valence-electron chi connectivity index (χ4n) is 0.259. The maximum Gasteiger partial charge on any atom is 0.322 e. The number of thiol groups is 1. The molecule has 0 aliphatic rings. The van der Waals surface area contributed by atoms with Crippen molar-refractivity contribution < 1.29 is 18.8 Å². The summed E-state index contributed by atoms with van der Waals surface area (Å²) >= 11 is 3.54. The smallest absolute Gasteiger partial charge is 0.322 e. The number of hydrogen-bond acceptors (Lipinski definition) is 3. The first-order valence-electron chi connectivity index (χ1n) is 3.92. The molecule has 10 heavy (non-hydrogen) atoms. The van der Waals surface area contributed by atoms with Crippen molar-refractivity contribution in [3.63, 3.8) is 0 Å². The zero-order chi connectivity index (χ0) is 10.6. The van der Waals surface area contributed by atoms with Crippen LogP contribution in [0.5, 0.6) is 0 Å². The molecule has 0 radical (unpaired) electrons. The van der Waals surface area contributed by atoms with Gasteiger partial charge in [-0.3, -0.25) is 9.59 Å². The van der Waals surface area contributed by atoms with Crippen molar-refractivity contribution in [2.45, 2.75) is 12.1 Å². The number of nitrogens with one attached hydrogen (secondary N) is 1. The highest BCUT2D eigenvalue weighted by Gasteiger charge is 2.07. The zero-order valence-electron chi connectivity index (χ0n) is 8.00. The second-order valence-corrected chi connectivity index (χ2v) is 2.03. The number of carbonyl (C=O) groups excluding carboxylic acids is 1. The van der Waals surface area contributed by atoms with Crippen LogP contribution >= 0.6 is 12.6 Å². The molecule has 4 nitrogen and oxygen atoms in total. The lowest BCUT2D eigenvalue weighted by Gasteiger charge is -2.02. The summed E-state index contributed by atoms with van der Waals surface area (Å²) in [6.45, 7) is -3.13. The fraction of sp³-hybridized carbons (Fsp3) is 0.600. The zero-order valence-corrected chi connectivity index (χ0v) is 5.89. The minimum atomic E-state index is -2.52. The average molecular weight is 167 g/mol. The summed E-state index contributed by atoms with van der Waals surface area (Å²) in [6.07, 6.45) is 0. The first kappa shape index (κ1) is 5.01. The van der Waals surface area contributed by atoms with E-state index in [0.717, 1.165) is 0 Å². The van der Waals surface area contributed by atoms with E-state index >= 15 is 0 Å². The Kier molecular flexibility index (Phi) is 2.08. The van der Waals surface area contributed by atoms with E-state index in [2.05, 4.69) is 12.6 Å². The lowest BCUT2D eigenvalue weighted by molar-refractivity contribution is -0.137. The fourth-order valence-corrected chi connectivity index (χ4v) is 0.351. The Labute approximate surface area is 68.2 Å². The van der Waals surface area contributed by atoms with Crippen molar-refractivity contribution in [2.75, 3.05) is 6.54 Å². The molecule has 0 rings (SSSR count). The van der Waals surface area contributed by atoms with Gasteiger partial charge in [-0.15, -0.1) is 0 Å². The Morgan fingerprint density at radius 3 is 2.90 bits per heavy atom. The molecule has 58 valence electrons. The molecule has 0 saturated carbocycles. The minimum absolute atomic E-state index is 0.605. The van der Waals surface area contributed by atoms with E-state index in [1.807, 2.05) is 5.32 Å². The van der Waals surface area contributed by atoms with E-state index in [9.17, 15) is 9.59 Å². The van der Waals surface area contributed by atoms with E-state index in [-0.39, 0.29) is 0 Å². The number of amides is 1. The SMILES string of the molecule is [2H]C([2H])([2H])C(S)C(=O)N[13CH2]C(=O)O. The molecule has 0 aliphatic carbocycles. The van der Waals surface area contributed by atoms with Gasteiger partial charge in [0.1, 0.15) is 6.54 Å². The maximum atomic E-state index is 10.9. The van der Waals surface area contributed by atoms with Crippen molar-refractivity contribution in [2.24, 2.45) is 0 Å². The van der Waals surface area contributed by atoms with Gasteiger partial charge in [0, 0.05) is 4.11 Å². The summed E-state index contributed by atoms with van der Waals surface area (Å²) in [5.41, 5.74) is 0. The molecular formula is C5H9NO3S. The Morgan fingerprint density at radius 2 is 2.50 bits per heavy atom. The number of carbonyl (C=O) groups is 2. The van der Waals surface area contributed by atoms with E-state index in [4.69, 9.17) is 9.22 Å². The van der Waals surface area contributed by atoms with Crippen LogP contribution in [0.2, 0.25) is 0 Å². The molecule has 5 heteroatoms. The van der Waals surface area contributed by atoms with Gasteiger partial charge in [0.25, 0.3) is 0 Å². The van der Waals surface area contributed by atoms with Gasteiger partial charge in [-0.05, 0) is 6.85 Å². The average Bonchev–Trinajstić information content (AvgIpc) is 1.96. The topological polar surface area (TPSA) is 66.4 Å². The van der Waals surface area contributed by atoms with Gasteiger partial charge in [-0.25, -0.2) is 0 Å². The van der Waals surface area contributed by atoms with Crippen LogP contribution in [0.4, 0.5) is 0 Å². The molecule has 2 N–H and O–H groups in total. The molecule has 1 atom stereocenters. The molecule has 0 aromatic carbocycles. The Hall–Kier alpha value is -0.710. The van der Waals surface area contributed by atoms with Crippen LogP contribution in [0.3, 0.4) is 0 Å². The summed E-state index contributed by atoms with van der Waals surface area (Å²) in [5.74, 6) is -2.15. The summed E-state index contributed by atoms with van der Waals surface area (Å²) in [6, 6.07) is 0. The molecule has 0 aromatic rings. The number of carboxylic acids is 1. The van der Waals surface area contributed by atoms with Crippen LogP contribution in [-0.2, 0) is 9.59 Å². The van der Waals surface area contributed by atoms with Gasteiger partial charge in [0.05, 0.1) is 5.25 Å². The second kappa shape index (κ2) is 4.16. The number of aliphatic carboxylic acids is 1. The summed E-state index contributed by atoms with van der Waals surface area (Å²) in [4.78, 5) is 20.9. The molecule has 0 aliphatic heterocycles. The third kappa shape index (κ3) is 4.20. The van der Waals surface area contributed by atoms with Crippen molar-refractivity contribution in [1.29, 1.82) is 0 Å². The van der Waals surface area contributed by atoms with Gasteiger partial charge in [0.2, 0.25) is 5.91 Å². The van der Waals surface area contributed by atoms with Crippen LogP contribution in [0.25, 0.3) is 0 Å². The number of rotatable bonds is 3. The van der Waals surface area contributed by atoms with Gasteiger partial charge in [-0.1, -0.05) is 0 Å². The third-order valence-electron chi connectivity index (χ3n) is 0.662. The van der Waals surface area contributed by atoms with Crippen LogP contribution in [0.1, 0.15) is 11.0 Å². The highest BCUT2D eigenvalue weighted by Crippen LogP contribution is 1.89. The van der Waals surface area contributed by atoms with E-state index in [0.29, 0.717) is 0 Å². The van der Waals surface area contributed by atoms with Gasteiger partial charge in [0.15, 0.2) is 0 Å². The number of hydrogen-bond donors (Lipinski definition) is 3. The van der Waals surface area contributed by atoms with Crippen molar-refractivity contribution in [3.8, 4) is 0 Å². The standard InChI is InChI=1S/C5H9NO3S/c1-3(10)5(9)6-2-4(7)8/h3,10H,2H2,1H3,(H,6,9)(H,7,8)/i1D3,2+1. The predicted molar refractivity (Wildman–Crippen MR) is 39.1 cm³/mol. The minimum Gasteiger partial charge on any atom is -0.480 e. The van der Waals surface area contributed by atoms with Crippen LogP contribution in [0.15, 0.2) is 0 Å². The van der Waals surface area contributed by atoms with E-state index in [1.165, 1.54) is 0 Å². The van der Waals surface area contributed by atoms with Gasteiger partial charge >= 0.3 is 5.97 Å². The molecule has 0 saturated heterocycles.